The molecule has 0 bridgehead atoms. The van der Waals surface area contributed by atoms with Crippen molar-refractivity contribution in [2.75, 3.05) is 17.1 Å². The first-order valence-corrected chi connectivity index (χ1v) is 8.05. The molecule has 19 heavy (non-hydrogen) atoms. The second kappa shape index (κ2) is 5.21. The number of anilines is 1. The van der Waals surface area contributed by atoms with E-state index in [2.05, 4.69) is 5.32 Å². The summed E-state index contributed by atoms with van der Waals surface area (Å²) in [7, 11) is -3.47. The Hall–Kier alpha value is -1.56. The number of aryl methyl sites for hydroxylation is 1. The standard InChI is InChI=1S/C13H18N2O3S/c1-10-4-3-5-12(8-10)15(19(2,17)18)9-13(16)14-11-6-7-11/h3-5,8,11H,6-7,9H2,1-2H3,(H,14,16). The molecule has 0 radical (unpaired) electrons. The van der Waals surface area contributed by atoms with E-state index >= 15 is 0 Å². The van der Waals surface area contributed by atoms with Crippen LogP contribution < -0.4 is 9.62 Å². The van der Waals surface area contributed by atoms with Gasteiger partial charge in [-0.2, -0.15) is 0 Å². The van der Waals surface area contributed by atoms with Crippen molar-refractivity contribution in [3.63, 3.8) is 0 Å². The smallest absolute Gasteiger partial charge is 0.240 e. The maximum Gasteiger partial charge on any atom is 0.240 e. The van der Waals surface area contributed by atoms with E-state index in [-0.39, 0.29) is 18.5 Å². The Morgan fingerprint density at radius 2 is 2.11 bits per heavy atom. The van der Waals surface area contributed by atoms with Gasteiger partial charge in [0.1, 0.15) is 6.54 Å². The second-order valence-electron chi connectivity index (χ2n) is 4.95. The first kappa shape index (κ1) is 13.9. The molecule has 0 heterocycles. The molecule has 1 aliphatic carbocycles. The zero-order valence-corrected chi connectivity index (χ0v) is 11.9. The first-order chi connectivity index (χ1) is 8.86. The largest absolute Gasteiger partial charge is 0.352 e. The number of nitrogens with zero attached hydrogens (tertiary/aromatic N) is 1. The lowest BCUT2D eigenvalue weighted by Gasteiger charge is -2.22. The topological polar surface area (TPSA) is 66.5 Å². The summed E-state index contributed by atoms with van der Waals surface area (Å²) in [6.45, 7) is 1.72. The number of hydrogen-bond acceptors (Lipinski definition) is 3. The molecule has 1 saturated carbocycles. The SMILES string of the molecule is Cc1cccc(N(CC(=O)NC2CC2)S(C)(=O)=O)c1. The lowest BCUT2D eigenvalue weighted by atomic mass is 10.2. The van der Waals surface area contributed by atoms with E-state index in [1.807, 2.05) is 13.0 Å². The van der Waals surface area contributed by atoms with Crippen LogP contribution >= 0.6 is 0 Å². The van der Waals surface area contributed by atoms with Gasteiger partial charge in [0, 0.05) is 6.04 Å². The third-order valence-electron chi connectivity index (χ3n) is 2.92. The van der Waals surface area contributed by atoms with Crippen molar-refractivity contribution in [1.82, 2.24) is 5.32 Å². The molecule has 0 unspecified atom stereocenters. The molecule has 0 aliphatic heterocycles. The highest BCUT2D eigenvalue weighted by molar-refractivity contribution is 7.92. The van der Waals surface area contributed by atoms with Crippen LogP contribution in [0.25, 0.3) is 0 Å². The summed E-state index contributed by atoms with van der Waals surface area (Å²) in [5, 5.41) is 2.80. The van der Waals surface area contributed by atoms with Crippen LogP contribution in [0.4, 0.5) is 5.69 Å². The minimum Gasteiger partial charge on any atom is -0.352 e. The number of carbonyl (C=O) groups excluding carboxylic acids is 1. The Morgan fingerprint density at radius 3 is 2.63 bits per heavy atom. The molecule has 0 spiro atoms. The lowest BCUT2D eigenvalue weighted by molar-refractivity contribution is -0.119. The number of carbonyl (C=O) groups is 1. The van der Waals surface area contributed by atoms with Crippen LogP contribution in [0.5, 0.6) is 0 Å². The summed E-state index contributed by atoms with van der Waals surface area (Å²) in [6.07, 6.45) is 3.07. The number of hydrogen-bond donors (Lipinski definition) is 1. The molecule has 1 aromatic carbocycles. The minimum atomic E-state index is -3.47. The summed E-state index contributed by atoms with van der Waals surface area (Å²) in [6, 6.07) is 7.34. The Morgan fingerprint density at radius 1 is 1.42 bits per heavy atom. The fraction of sp³-hybridized carbons (Fsp3) is 0.462. The van der Waals surface area contributed by atoms with Crippen molar-refractivity contribution in [3.05, 3.63) is 29.8 Å². The number of rotatable bonds is 5. The van der Waals surface area contributed by atoms with E-state index in [1.54, 1.807) is 18.2 Å². The molecular formula is C13H18N2O3S. The zero-order chi connectivity index (χ0) is 14.0. The Labute approximate surface area is 113 Å². The van der Waals surface area contributed by atoms with Crippen LogP contribution in [0.1, 0.15) is 18.4 Å². The molecule has 0 saturated heterocycles. The van der Waals surface area contributed by atoms with Crippen LogP contribution in [0.15, 0.2) is 24.3 Å². The first-order valence-electron chi connectivity index (χ1n) is 6.20. The average Bonchev–Trinajstić information content (AvgIpc) is 3.08. The van der Waals surface area contributed by atoms with Gasteiger partial charge in [0.2, 0.25) is 15.9 Å². The number of sulfonamides is 1. The number of nitrogens with one attached hydrogen (secondary N) is 1. The highest BCUT2D eigenvalue weighted by Crippen LogP contribution is 2.20. The molecule has 0 aromatic heterocycles. The predicted molar refractivity (Wildman–Crippen MR) is 74.5 cm³/mol. The summed E-state index contributed by atoms with van der Waals surface area (Å²) in [4.78, 5) is 11.8. The van der Waals surface area contributed by atoms with Gasteiger partial charge in [-0.1, -0.05) is 12.1 Å². The van der Waals surface area contributed by atoms with E-state index in [9.17, 15) is 13.2 Å². The molecule has 1 aromatic rings. The van der Waals surface area contributed by atoms with E-state index in [4.69, 9.17) is 0 Å². The van der Waals surface area contributed by atoms with E-state index in [1.165, 1.54) is 0 Å². The van der Waals surface area contributed by atoms with Crippen LogP contribution in [-0.2, 0) is 14.8 Å². The van der Waals surface area contributed by atoms with E-state index in [0.29, 0.717) is 5.69 Å². The summed E-state index contributed by atoms with van der Waals surface area (Å²) >= 11 is 0. The fourth-order valence-electron chi connectivity index (χ4n) is 1.81. The summed E-state index contributed by atoms with van der Waals surface area (Å²) in [5.41, 5.74) is 1.47. The van der Waals surface area contributed by atoms with Gasteiger partial charge < -0.3 is 5.32 Å². The average molecular weight is 282 g/mol. The molecule has 5 nitrogen and oxygen atoms in total. The van der Waals surface area contributed by atoms with Gasteiger partial charge >= 0.3 is 0 Å². The third kappa shape index (κ3) is 3.96. The van der Waals surface area contributed by atoms with Crippen molar-refractivity contribution in [3.8, 4) is 0 Å². The minimum absolute atomic E-state index is 0.168. The maximum absolute atomic E-state index is 11.8. The molecule has 1 aliphatic rings. The highest BCUT2D eigenvalue weighted by atomic mass is 32.2. The number of benzene rings is 1. The van der Waals surface area contributed by atoms with Crippen molar-refractivity contribution in [1.29, 1.82) is 0 Å². The second-order valence-corrected chi connectivity index (χ2v) is 6.86. The van der Waals surface area contributed by atoms with E-state index < -0.39 is 10.0 Å². The zero-order valence-electron chi connectivity index (χ0n) is 11.1. The summed E-state index contributed by atoms with van der Waals surface area (Å²) in [5.74, 6) is -0.255. The fourth-order valence-corrected chi connectivity index (χ4v) is 2.66. The van der Waals surface area contributed by atoms with Crippen LogP contribution in [0, 0.1) is 6.92 Å². The molecular weight excluding hydrogens is 264 g/mol. The Balaban J connectivity index is 2.18. The van der Waals surface area contributed by atoms with Gasteiger partial charge in [-0.3, -0.25) is 9.10 Å². The molecule has 2 rings (SSSR count). The van der Waals surface area contributed by atoms with Crippen molar-refractivity contribution in [2.24, 2.45) is 0 Å². The van der Waals surface area contributed by atoms with E-state index in [0.717, 1.165) is 29.0 Å². The molecule has 0 atom stereocenters. The maximum atomic E-state index is 11.8. The summed E-state index contributed by atoms with van der Waals surface area (Å²) < 4.78 is 24.8. The van der Waals surface area contributed by atoms with Crippen molar-refractivity contribution < 1.29 is 13.2 Å². The van der Waals surface area contributed by atoms with Gasteiger partial charge in [0.05, 0.1) is 11.9 Å². The molecule has 6 heteroatoms. The van der Waals surface area contributed by atoms with Gasteiger partial charge in [0.15, 0.2) is 0 Å². The lowest BCUT2D eigenvalue weighted by Crippen LogP contribution is -2.41. The molecule has 1 N–H and O–H groups in total. The Bertz CT molecular complexity index is 579. The van der Waals surface area contributed by atoms with Gasteiger partial charge in [0.25, 0.3) is 0 Å². The third-order valence-corrected chi connectivity index (χ3v) is 4.06. The van der Waals surface area contributed by atoms with Crippen LogP contribution in [0.2, 0.25) is 0 Å². The Kier molecular flexibility index (Phi) is 3.80. The van der Waals surface area contributed by atoms with Gasteiger partial charge in [-0.05, 0) is 37.5 Å². The monoisotopic (exact) mass is 282 g/mol. The van der Waals surface area contributed by atoms with Gasteiger partial charge in [-0.15, -0.1) is 0 Å². The molecule has 1 fully saturated rings. The predicted octanol–water partition coefficient (Wildman–Crippen LogP) is 1.04. The van der Waals surface area contributed by atoms with Gasteiger partial charge in [-0.25, -0.2) is 8.42 Å². The van der Waals surface area contributed by atoms with Crippen molar-refractivity contribution in [2.45, 2.75) is 25.8 Å². The normalized spacial score (nSPS) is 15.1. The number of amides is 1. The highest BCUT2D eigenvalue weighted by Gasteiger charge is 2.26. The molecule has 104 valence electrons. The quantitative estimate of drug-likeness (QED) is 0.877. The van der Waals surface area contributed by atoms with Crippen molar-refractivity contribution >= 4 is 21.6 Å². The molecule has 1 amide bonds. The van der Waals surface area contributed by atoms with Crippen LogP contribution in [-0.4, -0.2) is 33.2 Å². The van der Waals surface area contributed by atoms with Crippen LogP contribution in [0.3, 0.4) is 0 Å².